The first-order chi connectivity index (χ1) is 11.4. The van der Waals surface area contributed by atoms with Gasteiger partial charge in [0.25, 0.3) is 5.91 Å². The number of benzene rings is 2. The lowest BCUT2D eigenvalue weighted by molar-refractivity contribution is -0.114. The highest BCUT2D eigenvalue weighted by Crippen LogP contribution is 2.18. The van der Waals surface area contributed by atoms with Crippen molar-refractivity contribution in [2.75, 3.05) is 18.9 Å². The van der Waals surface area contributed by atoms with Crippen molar-refractivity contribution < 1.29 is 14.0 Å². The van der Waals surface area contributed by atoms with Crippen molar-refractivity contribution in [2.45, 2.75) is 20.3 Å². The molecule has 2 rings (SSSR count). The number of anilines is 1. The second-order valence-corrected chi connectivity index (χ2v) is 5.81. The molecule has 2 amide bonds. The maximum atomic E-state index is 12.9. The van der Waals surface area contributed by atoms with Crippen LogP contribution in [0.5, 0.6) is 0 Å². The molecule has 2 aromatic rings. The second kappa shape index (κ2) is 7.73. The molecule has 126 valence electrons. The SMILES string of the molecule is CC(=O)Nc1cc(C(=O)N(C)CCc2ccc(F)cc2)ccc1C. The largest absolute Gasteiger partial charge is 0.341 e. The minimum Gasteiger partial charge on any atom is -0.341 e. The van der Waals surface area contributed by atoms with Crippen molar-refractivity contribution in [3.63, 3.8) is 0 Å². The van der Waals surface area contributed by atoms with Crippen molar-refractivity contribution in [1.29, 1.82) is 0 Å². The van der Waals surface area contributed by atoms with Crippen molar-refractivity contribution in [1.82, 2.24) is 4.90 Å². The first kappa shape index (κ1) is 17.7. The van der Waals surface area contributed by atoms with Crippen LogP contribution in [0.1, 0.15) is 28.4 Å². The molecule has 0 unspecified atom stereocenters. The summed E-state index contributed by atoms with van der Waals surface area (Å²) in [5, 5.41) is 2.73. The lowest BCUT2D eigenvalue weighted by Gasteiger charge is -2.18. The topological polar surface area (TPSA) is 49.4 Å². The molecule has 0 saturated heterocycles. The number of carbonyl (C=O) groups excluding carboxylic acids is 2. The Kier molecular flexibility index (Phi) is 5.68. The first-order valence-electron chi connectivity index (χ1n) is 7.75. The van der Waals surface area contributed by atoms with Gasteiger partial charge in [-0.3, -0.25) is 9.59 Å². The van der Waals surface area contributed by atoms with E-state index < -0.39 is 0 Å². The summed E-state index contributed by atoms with van der Waals surface area (Å²) in [6, 6.07) is 11.5. The quantitative estimate of drug-likeness (QED) is 0.914. The fourth-order valence-corrected chi connectivity index (χ4v) is 2.35. The van der Waals surface area contributed by atoms with Gasteiger partial charge < -0.3 is 10.2 Å². The van der Waals surface area contributed by atoms with Gasteiger partial charge in [-0.2, -0.15) is 0 Å². The number of nitrogens with one attached hydrogen (secondary N) is 1. The third-order valence-electron chi connectivity index (χ3n) is 3.79. The average Bonchev–Trinajstić information content (AvgIpc) is 2.55. The molecule has 0 aliphatic rings. The summed E-state index contributed by atoms with van der Waals surface area (Å²) in [5.41, 5.74) is 3.03. The number of likely N-dealkylation sites (N-methyl/N-ethyl adjacent to an activating group) is 1. The fourth-order valence-electron chi connectivity index (χ4n) is 2.35. The van der Waals surface area contributed by atoms with E-state index in [4.69, 9.17) is 0 Å². The lowest BCUT2D eigenvalue weighted by Crippen LogP contribution is -2.29. The van der Waals surface area contributed by atoms with Crippen LogP contribution in [0.2, 0.25) is 0 Å². The molecule has 0 fully saturated rings. The molecule has 24 heavy (non-hydrogen) atoms. The highest BCUT2D eigenvalue weighted by atomic mass is 19.1. The predicted octanol–water partition coefficient (Wildman–Crippen LogP) is 3.41. The normalized spacial score (nSPS) is 10.3. The van der Waals surface area contributed by atoms with Crippen LogP contribution in [0.15, 0.2) is 42.5 Å². The zero-order valence-corrected chi connectivity index (χ0v) is 14.1. The Morgan fingerprint density at radius 1 is 1.12 bits per heavy atom. The van der Waals surface area contributed by atoms with Gasteiger partial charge in [0.1, 0.15) is 5.82 Å². The standard InChI is InChI=1S/C19H21FN2O2/c1-13-4-7-16(12-18(13)21-14(2)23)19(24)22(3)11-10-15-5-8-17(20)9-6-15/h4-9,12H,10-11H2,1-3H3,(H,21,23). The number of halogens is 1. The second-order valence-electron chi connectivity index (χ2n) is 5.81. The third kappa shape index (κ3) is 4.65. The highest BCUT2D eigenvalue weighted by molar-refractivity contribution is 5.97. The Balaban J connectivity index is 2.04. The van der Waals surface area contributed by atoms with Gasteiger partial charge in [-0.25, -0.2) is 4.39 Å². The molecule has 0 aliphatic heterocycles. The van der Waals surface area contributed by atoms with Crippen LogP contribution in [-0.4, -0.2) is 30.3 Å². The van der Waals surface area contributed by atoms with Crippen molar-refractivity contribution >= 4 is 17.5 Å². The maximum Gasteiger partial charge on any atom is 0.253 e. The summed E-state index contributed by atoms with van der Waals surface area (Å²) in [6.07, 6.45) is 0.646. The zero-order valence-electron chi connectivity index (χ0n) is 14.1. The van der Waals surface area contributed by atoms with E-state index in [0.717, 1.165) is 11.1 Å². The number of nitrogens with zero attached hydrogens (tertiary/aromatic N) is 1. The summed E-state index contributed by atoms with van der Waals surface area (Å²) >= 11 is 0. The van der Waals surface area contributed by atoms with E-state index in [1.807, 2.05) is 13.0 Å². The molecule has 4 nitrogen and oxygen atoms in total. The van der Waals surface area contributed by atoms with Gasteiger partial charge in [-0.1, -0.05) is 18.2 Å². The number of hydrogen-bond acceptors (Lipinski definition) is 2. The summed E-state index contributed by atoms with van der Waals surface area (Å²) < 4.78 is 12.9. The molecule has 0 aromatic heterocycles. The predicted molar refractivity (Wildman–Crippen MR) is 92.5 cm³/mol. The number of aryl methyl sites for hydroxylation is 1. The highest BCUT2D eigenvalue weighted by Gasteiger charge is 2.13. The Morgan fingerprint density at radius 3 is 2.42 bits per heavy atom. The van der Waals surface area contributed by atoms with Crippen LogP contribution in [0.25, 0.3) is 0 Å². The van der Waals surface area contributed by atoms with E-state index in [0.29, 0.717) is 24.2 Å². The summed E-state index contributed by atoms with van der Waals surface area (Å²) in [4.78, 5) is 25.4. The van der Waals surface area contributed by atoms with Crippen LogP contribution >= 0.6 is 0 Å². The van der Waals surface area contributed by atoms with Crippen LogP contribution < -0.4 is 5.32 Å². The number of amides is 2. The Morgan fingerprint density at radius 2 is 1.79 bits per heavy atom. The van der Waals surface area contributed by atoms with Crippen molar-refractivity contribution in [3.8, 4) is 0 Å². The van der Waals surface area contributed by atoms with Gasteiger partial charge in [0.2, 0.25) is 5.91 Å². The van der Waals surface area contributed by atoms with Crippen molar-refractivity contribution in [2.24, 2.45) is 0 Å². The number of rotatable bonds is 5. The van der Waals surface area contributed by atoms with Gasteiger partial charge in [0.05, 0.1) is 0 Å². The Labute approximate surface area is 141 Å². The molecule has 0 atom stereocenters. The molecule has 1 N–H and O–H groups in total. The molecule has 0 bridgehead atoms. The molecular weight excluding hydrogens is 307 g/mol. The summed E-state index contributed by atoms with van der Waals surface area (Å²) in [6.45, 7) is 3.83. The summed E-state index contributed by atoms with van der Waals surface area (Å²) in [7, 11) is 1.73. The molecule has 2 aromatic carbocycles. The molecule has 0 spiro atoms. The van der Waals surface area contributed by atoms with Gasteiger partial charge in [0.15, 0.2) is 0 Å². The smallest absolute Gasteiger partial charge is 0.253 e. The molecule has 0 aliphatic carbocycles. The van der Waals surface area contributed by atoms with E-state index in [-0.39, 0.29) is 17.6 Å². The lowest BCUT2D eigenvalue weighted by atomic mass is 10.1. The maximum absolute atomic E-state index is 12.9. The van der Waals surface area contributed by atoms with Crippen molar-refractivity contribution in [3.05, 3.63) is 65.0 Å². The van der Waals surface area contributed by atoms with Crippen LogP contribution in [-0.2, 0) is 11.2 Å². The first-order valence-corrected chi connectivity index (χ1v) is 7.75. The third-order valence-corrected chi connectivity index (χ3v) is 3.79. The van der Waals surface area contributed by atoms with E-state index in [9.17, 15) is 14.0 Å². The Bertz CT molecular complexity index is 742. The van der Waals surface area contributed by atoms with E-state index in [1.165, 1.54) is 19.1 Å². The van der Waals surface area contributed by atoms with Gasteiger partial charge in [-0.15, -0.1) is 0 Å². The monoisotopic (exact) mass is 328 g/mol. The van der Waals surface area contributed by atoms with Crippen LogP contribution in [0.3, 0.4) is 0 Å². The molecule has 5 heteroatoms. The van der Waals surface area contributed by atoms with E-state index >= 15 is 0 Å². The van der Waals surface area contributed by atoms with Crippen LogP contribution in [0, 0.1) is 12.7 Å². The van der Waals surface area contributed by atoms with Crippen LogP contribution in [0.4, 0.5) is 10.1 Å². The minimum atomic E-state index is -0.270. The fraction of sp³-hybridized carbons (Fsp3) is 0.263. The number of carbonyl (C=O) groups is 2. The number of hydrogen-bond donors (Lipinski definition) is 1. The average molecular weight is 328 g/mol. The Hall–Kier alpha value is -2.69. The summed E-state index contributed by atoms with van der Waals surface area (Å²) in [5.74, 6) is -0.565. The zero-order chi connectivity index (χ0) is 17.7. The molecule has 0 heterocycles. The minimum absolute atomic E-state index is 0.122. The van der Waals surface area contributed by atoms with Gasteiger partial charge in [0, 0.05) is 31.8 Å². The molecular formula is C19H21FN2O2. The van der Waals surface area contributed by atoms with Gasteiger partial charge >= 0.3 is 0 Å². The molecule has 0 radical (unpaired) electrons. The molecule has 0 saturated carbocycles. The van der Waals surface area contributed by atoms with E-state index in [1.54, 1.807) is 36.2 Å². The van der Waals surface area contributed by atoms with E-state index in [2.05, 4.69) is 5.32 Å². The van der Waals surface area contributed by atoms with Gasteiger partial charge in [-0.05, 0) is 48.7 Å².